The summed E-state index contributed by atoms with van der Waals surface area (Å²) in [7, 11) is 4.26. The van der Waals surface area contributed by atoms with Crippen LogP contribution in [0.25, 0.3) is 0 Å². The molecule has 5 heteroatoms. The van der Waals surface area contributed by atoms with Crippen LogP contribution >= 0.6 is 11.6 Å². The van der Waals surface area contributed by atoms with Crippen molar-refractivity contribution < 1.29 is 4.79 Å². The first-order valence-corrected chi connectivity index (χ1v) is 8.34. The molecule has 22 heavy (non-hydrogen) atoms. The number of nitrogens with zero attached hydrogens (tertiary/aromatic N) is 2. The van der Waals surface area contributed by atoms with Gasteiger partial charge in [-0.3, -0.25) is 4.79 Å². The van der Waals surface area contributed by atoms with Crippen LogP contribution in [0.2, 0.25) is 5.02 Å². The van der Waals surface area contributed by atoms with Crippen LogP contribution in [0.4, 0.5) is 5.69 Å². The highest BCUT2D eigenvalue weighted by Gasteiger charge is 2.53. The maximum atomic E-state index is 10.8. The van der Waals surface area contributed by atoms with Crippen molar-refractivity contribution in [3.63, 3.8) is 0 Å². The van der Waals surface area contributed by atoms with Gasteiger partial charge in [0.1, 0.15) is 0 Å². The lowest BCUT2D eigenvalue weighted by molar-refractivity contribution is 0.112. The van der Waals surface area contributed by atoms with Gasteiger partial charge in [0.05, 0.1) is 5.02 Å². The smallest absolute Gasteiger partial charge is 0.151 e. The minimum Gasteiger partial charge on any atom is -0.371 e. The van der Waals surface area contributed by atoms with E-state index in [4.69, 9.17) is 11.6 Å². The average Bonchev–Trinajstić information content (AvgIpc) is 3.18. The molecule has 0 aliphatic carbocycles. The van der Waals surface area contributed by atoms with Crippen molar-refractivity contribution in [2.45, 2.75) is 30.8 Å². The van der Waals surface area contributed by atoms with Crippen LogP contribution in [0.15, 0.2) is 18.2 Å². The maximum Gasteiger partial charge on any atom is 0.151 e. The first kappa shape index (κ1) is 15.8. The van der Waals surface area contributed by atoms with Crippen molar-refractivity contribution in [3.8, 4) is 0 Å². The number of hydrogen-bond acceptors (Lipinski definition) is 4. The largest absolute Gasteiger partial charge is 0.371 e. The number of benzene rings is 1. The first-order chi connectivity index (χ1) is 10.5. The van der Waals surface area contributed by atoms with E-state index < -0.39 is 0 Å². The molecule has 3 rings (SSSR count). The predicted molar refractivity (Wildman–Crippen MR) is 91.1 cm³/mol. The van der Waals surface area contributed by atoms with Gasteiger partial charge < -0.3 is 15.1 Å². The molecule has 0 aromatic heterocycles. The molecule has 1 spiro atoms. The third-order valence-corrected chi connectivity index (χ3v) is 5.37. The SMILES string of the molecule is CN(C)CCC1NC12CCN(c1ccc(C=O)c(Cl)c1)CC2. The number of aldehydes is 1. The van der Waals surface area contributed by atoms with Gasteiger partial charge in [-0.15, -0.1) is 0 Å². The lowest BCUT2D eigenvalue weighted by Gasteiger charge is -2.34. The summed E-state index contributed by atoms with van der Waals surface area (Å²) in [6.07, 6.45) is 4.39. The number of piperidine rings is 1. The summed E-state index contributed by atoms with van der Waals surface area (Å²) in [5.74, 6) is 0. The lowest BCUT2D eigenvalue weighted by atomic mass is 9.91. The molecule has 1 atom stereocenters. The molecule has 2 heterocycles. The molecule has 1 aromatic carbocycles. The summed E-state index contributed by atoms with van der Waals surface area (Å²) in [4.78, 5) is 15.5. The highest BCUT2D eigenvalue weighted by molar-refractivity contribution is 6.33. The second-order valence-electron chi connectivity index (χ2n) is 6.76. The molecule has 0 saturated carbocycles. The first-order valence-electron chi connectivity index (χ1n) is 7.96. The third kappa shape index (κ3) is 3.14. The van der Waals surface area contributed by atoms with Gasteiger partial charge in [-0.1, -0.05) is 11.6 Å². The van der Waals surface area contributed by atoms with Crippen LogP contribution in [-0.4, -0.2) is 56.5 Å². The molecule has 1 aromatic rings. The molecule has 2 fully saturated rings. The van der Waals surface area contributed by atoms with Crippen molar-refractivity contribution in [1.29, 1.82) is 0 Å². The Labute approximate surface area is 137 Å². The fourth-order valence-electron chi connectivity index (χ4n) is 3.51. The van der Waals surface area contributed by atoms with E-state index in [0.29, 0.717) is 22.2 Å². The summed E-state index contributed by atoms with van der Waals surface area (Å²) >= 11 is 6.14. The summed E-state index contributed by atoms with van der Waals surface area (Å²) in [5, 5.41) is 4.26. The van der Waals surface area contributed by atoms with Gasteiger partial charge in [-0.2, -0.15) is 0 Å². The average molecular weight is 322 g/mol. The molecule has 1 N–H and O–H groups in total. The zero-order valence-electron chi connectivity index (χ0n) is 13.3. The van der Waals surface area contributed by atoms with Gasteiger partial charge in [0, 0.05) is 35.9 Å². The quantitative estimate of drug-likeness (QED) is 0.668. The van der Waals surface area contributed by atoms with Crippen LogP contribution in [0.5, 0.6) is 0 Å². The normalized spacial score (nSPS) is 23.1. The second kappa shape index (κ2) is 6.19. The van der Waals surface area contributed by atoms with Gasteiger partial charge >= 0.3 is 0 Å². The molecule has 120 valence electrons. The Balaban J connectivity index is 1.56. The molecule has 0 radical (unpaired) electrons. The van der Waals surface area contributed by atoms with Crippen molar-refractivity contribution in [3.05, 3.63) is 28.8 Å². The van der Waals surface area contributed by atoms with Crippen molar-refractivity contribution in [2.75, 3.05) is 38.6 Å². The highest BCUT2D eigenvalue weighted by atomic mass is 35.5. The van der Waals surface area contributed by atoms with Crippen LogP contribution in [0.1, 0.15) is 29.6 Å². The standard InChI is InChI=1S/C17H24ClN3O/c1-20(2)8-5-16-17(19-16)6-9-21(10-7-17)14-4-3-13(12-22)15(18)11-14/h3-4,11-12,16,19H,5-10H2,1-2H3. The van der Waals surface area contributed by atoms with Gasteiger partial charge in [-0.05, 0) is 58.1 Å². The number of halogens is 1. The fourth-order valence-corrected chi connectivity index (χ4v) is 3.73. The predicted octanol–water partition coefficient (Wildman–Crippen LogP) is 2.42. The van der Waals surface area contributed by atoms with E-state index in [1.54, 1.807) is 0 Å². The van der Waals surface area contributed by atoms with Gasteiger partial charge in [0.15, 0.2) is 6.29 Å². The number of carbonyl (C=O) groups excluding carboxylic acids is 1. The van der Waals surface area contributed by atoms with E-state index in [1.165, 1.54) is 19.3 Å². The number of carbonyl (C=O) groups is 1. The molecular weight excluding hydrogens is 298 g/mol. The Hall–Kier alpha value is -1.10. The fraction of sp³-hybridized carbons (Fsp3) is 0.588. The lowest BCUT2D eigenvalue weighted by Crippen LogP contribution is -2.40. The van der Waals surface area contributed by atoms with Crippen LogP contribution < -0.4 is 10.2 Å². The molecule has 2 aliphatic heterocycles. The Morgan fingerprint density at radius 3 is 2.73 bits per heavy atom. The maximum absolute atomic E-state index is 10.8. The molecular formula is C17H24ClN3O. The summed E-state index contributed by atoms with van der Waals surface area (Å²) in [5.41, 5.74) is 2.06. The van der Waals surface area contributed by atoms with E-state index in [-0.39, 0.29) is 0 Å². The number of rotatable bonds is 5. The molecule has 2 aliphatic rings. The van der Waals surface area contributed by atoms with Crippen molar-refractivity contribution in [1.82, 2.24) is 10.2 Å². The van der Waals surface area contributed by atoms with Crippen molar-refractivity contribution >= 4 is 23.6 Å². The molecule has 2 saturated heterocycles. The molecule has 1 unspecified atom stereocenters. The zero-order valence-corrected chi connectivity index (χ0v) is 14.1. The van der Waals surface area contributed by atoms with E-state index in [0.717, 1.165) is 31.6 Å². The van der Waals surface area contributed by atoms with Gasteiger partial charge in [0.2, 0.25) is 0 Å². The number of nitrogens with one attached hydrogen (secondary N) is 1. The van der Waals surface area contributed by atoms with E-state index in [9.17, 15) is 4.79 Å². The number of hydrogen-bond donors (Lipinski definition) is 1. The van der Waals surface area contributed by atoms with E-state index in [2.05, 4.69) is 29.2 Å². The van der Waals surface area contributed by atoms with Crippen LogP contribution in [0, 0.1) is 0 Å². The Morgan fingerprint density at radius 1 is 1.41 bits per heavy atom. The molecule has 0 amide bonds. The van der Waals surface area contributed by atoms with Crippen molar-refractivity contribution in [2.24, 2.45) is 0 Å². The molecule has 4 nitrogen and oxygen atoms in total. The van der Waals surface area contributed by atoms with E-state index in [1.807, 2.05) is 18.2 Å². The Kier molecular flexibility index (Phi) is 4.44. The summed E-state index contributed by atoms with van der Waals surface area (Å²) in [6.45, 7) is 3.23. The van der Waals surface area contributed by atoms with Gasteiger partial charge in [-0.25, -0.2) is 0 Å². The van der Waals surface area contributed by atoms with E-state index >= 15 is 0 Å². The Morgan fingerprint density at radius 2 is 2.14 bits per heavy atom. The summed E-state index contributed by atoms with van der Waals surface area (Å²) < 4.78 is 0. The zero-order chi connectivity index (χ0) is 15.7. The summed E-state index contributed by atoms with van der Waals surface area (Å²) in [6, 6.07) is 6.40. The Bertz CT molecular complexity index is 553. The highest BCUT2D eigenvalue weighted by Crippen LogP contribution is 2.40. The monoisotopic (exact) mass is 321 g/mol. The minimum atomic E-state index is 0.374. The number of anilines is 1. The van der Waals surface area contributed by atoms with Crippen LogP contribution in [-0.2, 0) is 0 Å². The van der Waals surface area contributed by atoms with Gasteiger partial charge in [0.25, 0.3) is 0 Å². The third-order valence-electron chi connectivity index (χ3n) is 5.04. The van der Waals surface area contributed by atoms with Crippen LogP contribution in [0.3, 0.4) is 0 Å². The molecule has 0 bridgehead atoms. The second-order valence-corrected chi connectivity index (χ2v) is 7.16. The topological polar surface area (TPSA) is 45.5 Å². The minimum absolute atomic E-state index is 0.374.